The number of aliphatic hydroxyl groups is 3. The van der Waals surface area contributed by atoms with Gasteiger partial charge in [0.15, 0.2) is 0 Å². The fraction of sp³-hybridized carbons (Fsp3) is 0.882. The zero-order chi connectivity index (χ0) is 16.2. The second-order valence-electron chi connectivity index (χ2n) is 5.91. The van der Waals surface area contributed by atoms with Gasteiger partial charge in [0.05, 0.1) is 13.2 Å². The van der Waals surface area contributed by atoms with Gasteiger partial charge in [-0.15, -0.1) is 0 Å². The Labute approximate surface area is 133 Å². The molecule has 0 aromatic heterocycles. The van der Waals surface area contributed by atoms with Crippen LogP contribution in [0, 0.1) is 0 Å². The third kappa shape index (κ3) is 7.20. The molecule has 0 saturated carbocycles. The first-order valence-electron chi connectivity index (χ1n) is 8.55. The first kappa shape index (κ1) is 19.6. The van der Waals surface area contributed by atoms with Crippen LogP contribution in [-0.4, -0.2) is 59.6 Å². The molecule has 0 radical (unpaired) electrons. The minimum atomic E-state index is -0.991. The Balaban J connectivity index is 2.07. The molecule has 1 saturated heterocycles. The van der Waals surface area contributed by atoms with E-state index in [0.29, 0.717) is 6.61 Å². The van der Waals surface area contributed by atoms with E-state index >= 15 is 0 Å². The Morgan fingerprint density at radius 3 is 2.55 bits per heavy atom. The quantitative estimate of drug-likeness (QED) is 0.400. The second-order valence-corrected chi connectivity index (χ2v) is 5.91. The van der Waals surface area contributed by atoms with Crippen LogP contribution in [0.5, 0.6) is 0 Å². The minimum Gasteiger partial charge on any atom is -0.394 e. The summed E-state index contributed by atoms with van der Waals surface area (Å²) in [5.74, 6) is 0. The summed E-state index contributed by atoms with van der Waals surface area (Å²) in [4.78, 5) is 0. The van der Waals surface area contributed by atoms with E-state index in [1.165, 1.54) is 12.8 Å². The molecule has 3 N–H and O–H groups in total. The zero-order valence-corrected chi connectivity index (χ0v) is 13.7. The third-order valence-electron chi connectivity index (χ3n) is 3.96. The van der Waals surface area contributed by atoms with E-state index in [-0.39, 0.29) is 13.2 Å². The van der Waals surface area contributed by atoms with E-state index in [9.17, 15) is 15.3 Å². The maximum absolute atomic E-state index is 9.91. The van der Waals surface area contributed by atoms with Gasteiger partial charge in [-0.05, 0) is 25.7 Å². The highest BCUT2D eigenvalue weighted by Gasteiger charge is 2.39. The van der Waals surface area contributed by atoms with E-state index in [0.717, 1.165) is 32.1 Å². The van der Waals surface area contributed by atoms with Gasteiger partial charge < -0.3 is 24.8 Å². The van der Waals surface area contributed by atoms with E-state index in [4.69, 9.17) is 9.47 Å². The lowest BCUT2D eigenvalue weighted by atomic mass is 10.0. The fourth-order valence-electron chi connectivity index (χ4n) is 2.56. The summed E-state index contributed by atoms with van der Waals surface area (Å²) >= 11 is 0. The molecule has 1 heterocycles. The van der Waals surface area contributed by atoms with Crippen molar-refractivity contribution < 1.29 is 24.8 Å². The molecule has 0 spiro atoms. The van der Waals surface area contributed by atoms with Crippen molar-refractivity contribution in [3.63, 3.8) is 0 Å². The van der Waals surface area contributed by atoms with Crippen LogP contribution in [0.1, 0.15) is 51.9 Å². The smallest absolute Gasteiger partial charge is 0.114 e. The molecule has 130 valence electrons. The summed E-state index contributed by atoms with van der Waals surface area (Å²) in [7, 11) is 0. The van der Waals surface area contributed by atoms with Crippen molar-refractivity contribution in [3.05, 3.63) is 12.2 Å². The van der Waals surface area contributed by atoms with Crippen molar-refractivity contribution in [2.45, 2.75) is 76.3 Å². The summed E-state index contributed by atoms with van der Waals surface area (Å²) in [5.41, 5.74) is 0. The van der Waals surface area contributed by atoms with Crippen LogP contribution in [0.25, 0.3) is 0 Å². The van der Waals surface area contributed by atoms with Gasteiger partial charge in [-0.1, -0.05) is 38.3 Å². The number of aliphatic hydroxyl groups excluding tert-OH is 3. The fourth-order valence-corrected chi connectivity index (χ4v) is 2.56. The number of unbranched alkanes of at least 4 members (excludes halogenated alkanes) is 5. The van der Waals surface area contributed by atoms with E-state index in [1.54, 1.807) is 0 Å². The highest BCUT2D eigenvalue weighted by atomic mass is 16.6. The Morgan fingerprint density at radius 1 is 1.09 bits per heavy atom. The number of allylic oxidation sites excluding steroid dienone is 2. The second kappa shape index (κ2) is 12.0. The van der Waals surface area contributed by atoms with Gasteiger partial charge in [0.1, 0.15) is 24.4 Å². The summed E-state index contributed by atoms with van der Waals surface area (Å²) in [5, 5.41) is 28.7. The molecule has 5 nitrogen and oxygen atoms in total. The van der Waals surface area contributed by atoms with Gasteiger partial charge >= 0.3 is 0 Å². The average molecular weight is 316 g/mol. The molecular formula is C17H32O5. The topological polar surface area (TPSA) is 79.2 Å². The van der Waals surface area contributed by atoms with Crippen molar-refractivity contribution >= 4 is 0 Å². The maximum Gasteiger partial charge on any atom is 0.114 e. The van der Waals surface area contributed by atoms with Gasteiger partial charge in [-0.25, -0.2) is 0 Å². The maximum atomic E-state index is 9.91. The molecule has 0 amide bonds. The Morgan fingerprint density at radius 2 is 1.82 bits per heavy atom. The summed E-state index contributed by atoms with van der Waals surface area (Å²) in [6.07, 6.45) is 9.21. The lowest BCUT2D eigenvalue weighted by molar-refractivity contribution is -0.211. The molecule has 1 aliphatic rings. The highest BCUT2D eigenvalue weighted by Crippen LogP contribution is 2.19. The lowest BCUT2D eigenvalue weighted by Crippen LogP contribution is -2.55. The largest absolute Gasteiger partial charge is 0.394 e. The predicted octanol–water partition coefficient (Wildman–Crippen LogP) is 1.79. The van der Waals surface area contributed by atoms with Crippen LogP contribution >= 0.6 is 0 Å². The van der Waals surface area contributed by atoms with Gasteiger partial charge in [0.2, 0.25) is 0 Å². The van der Waals surface area contributed by atoms with Gasteiger partial charge in [-0.2, -0.15) is 0 Å². The first-order valence-corrected chi connectivity index (χ1v) is 8.55. The third-order valence-corrected chi connectivity index (χ3v) is 3.96. The van der Waals surface area contributed by atoms with E-state index < -0.39 is 24.4 Å². The standard InChI is InChI=1S/C17H32O5/c1-2-3-4-5-6-7-8-9-10-11-21-17-15(12-18)22-13-14(19)16(17)20/h4-5,14-20H,2-3,6-13H2,1H3/b5-4+/t14-,15+,16+,17+/m1/s1. The lowest BCUT2D eigenvalue weighted by Gasteiger charge is -2.37. The molecule has 0 aromatic carbocycles. The zero-order valence-electron chi connectivity index (χ0n) is 13.7. The van der Waals surface area contributed by atoms with Gasteiger partial charge in [0, 0.05) is 6.61 Å². The number of hydrogen-bond acceptors (Lipinski definition) is 5. The highest BCUT2D eigenvalue weighted by molar-refractivity contribution is 4.87. The molecule has 1 fully saturated rings. The van der Waals surface area contributed by atoms with E-state index in [2.05, 4.69) is 19.1 Å². The molecule has 1 rings (SSSR count). The normalized spacial score (nSPS) is 29.3. The Hall–Kier alpha value is -0.460. The van der Waals surface area contributed by atoms with Crippen LogP contribution in [0.3, 0.4) is 0 Å². The molecular weight excluding hydrogens is 284 g/mol. The Kier molecular flexibility index (Phi) is 10.7. The summed E-state index contributed by atoms with van der Waals surface area (Å²) in [6.45, 7) is 2.52. The van der Waals surface area contributed by atoms with Crippen molar-refractivity contribution in [1.82, 2.24) is 0 Å². The van der Waals surface area contributed by atoms with Crippen molar-refractivity contribution in [2.24, 2.45) is 0 Å². The summed E-state index contributed by atoms with van der Waals surface area (Å²) in [6, 6.07) is 0. The average Bonchev–Trinajstić information content (AvgIpc) is 2.53. The van der Waals surface area contributed by atoms with Gasteiger partial charge in [-0.3, -0.25) is 0 Å². The predicted molar refractivity (Wildman–Crippen MR) is 85.7 cm³/mol. The monoisotopic (exact) mass is 316 g/mol. The molecule has 4 atom stereocenters. The number of hydrogen-bond donors (Lipinski definition) is 3. The molecule has 5 heteroatoms. The minimum absolute atomic E-state index is 0.0395. The van der Waals surface area contributed by atoms with Crippen LogP contribution in [0.4, 0.5) is 0 Å². The Bertz CT molecular complexity index is 293. The number of rotatable bonds is 11. The van der Waals surface area contributed by atoms with Crippen molar-refractivity contribution in [2.75, 3.05) is 19.8 Å². The van der Waals surface area contributed by atoms with Crippen molar-refractivity contribution in [3.8, 4) is 0 Å². The van der Waals surface area contributed by atoms with Crippen LogP contribution in [0.2, 0.25) is 0 Å². The molecule has 0 aromatic rings. The molecule has 22 heavy (non-hydrogen) atoms. The molecule has 0 bridgehead atoms. The van der Waals surface area contributed by atoms with E-state index in [1.807, 2.05) is 0 Å². The van der Waals surface area contributed by atoms with Crippen LogP contribution in [0.15, 0.2) is 12.2 Å². The van der Waals surface area contributed by atoms with Crippen molar-refractivity contribution in [1.29, 1.82) is 0 Å². The van der Waals surface area contributed by atoms with Crippen LogP contribution < -0.4 is 0 Å². The van der Waals surface area contributed by atoms with Crippen LogP contribution in [-0.2, 0) is 9.47 Å². The molecule has 1 aliphatic heterocycles. The molecule has 0 aliphatic carbocycles. The van der Waals surface area contributed by atoms with Gasteiger partial charge in [0.25, 0.3) is 0 Å². The summed E-state index contributed by atoms with van der Waals surface area (Å²) < 4.78 is 10.9. The number of ether oxygens (including phenoxy) is 2. The first-order chi connectivity index (χ1) is 10.7. The molecule has 0 unspecified atom stereocenters. The SMILES string of the molecule is CCC/C=C/CCCCCCO[C@@H]1[C@@H](O)[C@H](O)CO[C@H]1CO.